The van der Waals surface area contributed by atoms with Crippen LogP contribution in [0.25, 0.3) is 0 Å². The van der Waals surface area contributed by atoms with E-state index in [0.29, 0.717) is 63.0 Å². The first kappa shape index (κ1) is 25.3. The second-order valence-electron chi connectivity index (χ2n) is 9.70. The Morgan fingerprint density at radius 1 is 1.08 bits per heavy atom. The van der Waals surface area contributed by atoms with Gasteiger partial charge in [-0.1, -0.05) is 0 Å². The fraction of sp³-hybridized carbons (Fsp3) is 0.538. The van der Waals surface area contributed by atoms with E-state index in [4.69, 9.17) is 14.2 Å². The molecule has 1 aromatic heterocycles. The number of benzene rings is 1. The number of hydrogen-bond acceptors (Lipinski definition) is 8. The largest absolute Gasteiger partial charge is 0.474 e. The number of rotatable bonds is 5. The number of carbonyl (C=O) groups is 2. The van der Waals surface area contributed by atoms with Crippen LogP contribution in [0, 0.1) is 11.6 Å². The smallest absolute Gasteiger partial charge is 0.376 e. The van der Waals surface area contributed by atoms with Crippen molar-refractivity contribution in [2.75, 3.05) is 43.2 Å². The van der Waals surface area contributed by atoms with Crippen LogP contribution in [0.3, 0.4) is 0 Å². The molecule has 3 aliphatic heterocycles. The summed E-state index contributed by atoms with van der Waals surface area (Å²) in [6.07, 6.45) is 4.47. The van der Waals surface area contributed by atoms with Gasteiger partial charge in [0.05, 0.1) is 25.9 Å². The summed E-state index contributed by atoms with van der Waals surface area (Å²) in [6, 6.07) is 5.34. The third kappa shape index (κ3) is 5.22. The number of hydrogen-bond donors (Lipinski definition) is 0. The number of halogens is 2. The predicted molar refractivity (Wildman–Crippen MR) is 130 cm³/mol. The summed E-state index contributed by atoms with van der Waals surface area (Å²) in [4.78, 5) is 37.7. The molecule has 3 fully saturated rings. The molecule has 0 saturated carbocycles. The zero-order valence-electron chi connectivity index (χ0n) is 20.8. The van der Waals surface area contributed by atoms with Crippen LogP contribution in [-0.4, -0.2) is 66.9 Å². The molecule has 0 aliphatic carbocycles. The zero-order chi connectivity index (χ0) is 26.0. The van der Waals surface area contributed by atoms with E-state index in [2.05, 4.69) is 9.97 Å². The molecule has 1 amide bonds. The molecule has 5 rings (SSSR count). The molecule has 3 saturated heterocycles. The van der Waals surface area contributed by atoms with Crippen molar-refractivity contribution in [2.24, 2.45) is 0 Å². The molecule has 2 aromatic rings. The summed E-state index contributed by atoms with van der Waals surface area (Å²) in [5.41, 5.74) is -0.130. The highest BCUT2D eigenvalue weighted by molar-refractivity contribution is 5.95. The number of piperidine rings is 2. The Morgan fingerprint density at radius 2 is 1.84 bits per heavy atom. The number of amides is 1. The van der Waals surface area contributed by atoms with Crippen LogP contribution in [0.5, 0.6) is 5.88 Å². The summed E-state index contributed by atoms with van der Waals surface area (Å²) < 4.78 is 43.9. The first-order valence-corrected chi connectivity index (χ1v) is 12.6. The van der Waals surface area contributed by atoms with Crippen LogP contribution in [0.1, 0.15) is 55.6 Å². The average Bonchev–Trinajstić information content (AvgIpc) is 2.91. The quantitative estimate of drug-likeness (QED) is 0.556. The van der Waals surface area contributed by atoms with Gasteiger partial charge in [-0.3, -0.25) is 4.79 Å². The highest BCUT2D eigenvalue weighted by atomic mass is 19.2. The molecule has 1 spiro atoms. The lowest BCUT2D eigenvalue weighted by molar-refractivity contribution is -0.121. The summed E-state index contributed by atoms with van der Waals surface area (Å²) in [5.74, 6) is -1.92. The highest BCUT2D eigenvalue weighted by Crippen LogP contribution is 2.42. The van der Waals surface area contributed by atoms with Crippen molar-refractivity contribution >= 4 is 23.4 Å². The van der Waals surface area contributed by atoms with Crippen molar-refractivity contribution in [1.29, 1.82) is 0 Å². The van der Waals surface area contributed by atoms with Crippen LogP contribution in [-0.2, 0) is 14.3 Å². The molecule has 198 valence electrons. The van der Waals surface area contributed by atoms with Gasteiger partial charge in [0.2, 0.25) is 17.6 Å². The number of carbonyl (C=O) groups excluding carboxylic acids is 2. The summed E-state index contributed by atoms with van der Waals surface area (Å²) in [7, 11) is 1.27. The summed E-state index contributed by atoms with van der Waals surface area (Å²) in [6.45, 7) is 2.30. The molecular formula is C26H30F2N4O5. The number of aromatic nitrogens is 2. The van der Waals surface area contributed by atoms with E-state index in [9.17, 15) is 18.4 Å². The third-order valence-corrected chi connectivity index (χ3v) is 7.45. The lowest BCUT2D eigenvalue weighted by Crippen LogP contribution is -2.60. The third-order valence-electron chi connectivity index (χ3n) is 7.45. The van der Waals surface area contributed by atoms with Crippen LogP contribution < -0.4 is 14.5 Å². The second kappa shape index (κ2) is 10.6. The number of methoxy groups -OCH3 is 1. The van der Waals surface area contributed by atoms with E-state index in [0.717, 1.165) is 37.8 Å². The van der Waals surface area contributed by atoms with E-state index >= 15 is 0 Å². The van der Waals surface area contributed by atoms with Crippen LogP contribution in [0.2, 0.25) is 0 Å². The van der Waals surface area contributed by atoms with E-state index in [1.54, 1.807) is 11.0 Å². The molecule has 9 nitrogen and oxygen atoms in total. The Bertz CT molecular complexity index is 1170. The fourth-order valence-corrected chi connectivity index (χ4v) is 5.51. The summed E-state index contributed by atoms with van der Waals surface area (Å²) in [5, 5.41) is 0. The number of esters is 1. The molecule has 0 bridgehead atoms. The normalized spacial score (nSPS) is 20.2. The Balaban J connectivity index is 1.38. The van der Waals surface area contributed by atoms with Gasteiger partial charge in [-0.25, -0.2) is 18.6 Å². The van der Waals surface area contributed by atoms with Gasteiger partial charge in [-0.15, -0.1) is 0 Å². The Kier molecular flexibility index (Phi) is 7.23. The number of anilines is 2. The maximum absolute atomic E-state index is 14.0. The highest BCUT2D eigenvalue weighted by Gasteiger charge is 2.45. The van der Waals surface area contributed by atoms with Gasteiger partial charge in [-0.05, 0) is 37.8 Å². The monoisotopic (exact) mass is 516 g/mol. The molecule has 37 heavy (non-hydrogen) atoms. The Morgan fingerprint density at radius 3 is 2.54 bits per heavy atom. The first-order chi connectivity index (χ1) is 17.9. The van der Waals surface area contributed by atoms with Crippen molar-refractivity contribution in [1.82, 2.24) is 9.97 Å². The standard InChI is InChI=1S/C26H30F2N4O5/c1-35-25(34)24-29-21(16-22(30-24)37-18-6-13-36-14-7-18)31-11-9-26(10-12-31)8-2-3-23(33)32(26)17-4-5-19(27)20(28)15-17/h4-5,15-16,18H,2-3,6-14H2,1H3. The molecule has 0 atom stereocenters. The van der Waals surface area contributed by atoms with Crippen LogP contribution in [0.15, 0.2) is 24.3 Å². The molecule has 0 unspecified atom stereocenters. The van der Waals surface area contributed by atoms with Crippen molar-refractivity contribution in [3.63, 3.8) is 0 Å². The average molecular weight is 517 g/mol. The zero-order valence-corrected chi connectivity index (χ0v) is 20.8. The van der Waals surface area contributed by atoms with Gasteiger partial charge in [0.1, 0.15) is 11.9 Å². The maximum atomic E-state index is 14.0. The van der Waals surface area contributed by atoms with E-state index in [-0.39, 0.29) is 17.8 Å². The van der Waals surface area contributed by atoms with Gasteiger partial charge in [0.25, 0.3) is 0 Å². The van der Waals surface area contributed by atoms with Gasteiger partial charge in [-0.2, -0.15) is 4.98 Å². The van der Waals surface area contributed by atoms with Gasteiger partial charge in [0.15, 0.2) is 11.6 Å². The summed E-state index contributed by atoms with van der Waals surface area (Å²) >= 11 is 0. The molecule has 0 radical (unpaired) electrons. The molecule has 0 N–H and O–H groups in total. The number of nitrogens with zero attached hydrogens (tertiary/aromatic N) is 4. The lowest BCUT2D eigenvalue weighted by Gasteiger charge is -2.51. The van der Waals surface area contributed by atoms with Gasteiger partial charge < -0.3 is 24.0 Å². The maximum Gasteiger partial charge on any atom is 0.376 e. The Labute approximate surface area is 213 Å². The fourth-order valence-electron chi connectivity index (χ4n) is 5.51. The minimum Gasteiger partial charge on any atom is -0.474 e. The van der Waals surface area contributed by atoms with Crippen LogP contribution >= 0.6 is 0 Å². The van der Waals surface area contributed by atoms with Crippen molar-refractivity contribution in [3.05, 3.63) is 41.7 Å². The van der Waals surface area contributed by atoms with Gasteiger partial charge in [0, 0.05) is 50.2 Å². The Hall–Kier alpha value is -3.34. The molecular weight excluding hydrogens is 486 g/mol. The SMILES string of the molecule is COC(=O)c1nc(OC2CCOCC2)cc(N2CCC3(CCCC(=O)N3c3ccc(F)c(F)c3)CC2)n1. The van der Waals surface area contributed by atoms with E-state index in [1.807, 2.05) is 4.90 Å². The molecule has 3 aliphatic rings. The van der Waals surface area contributed by atoms with Gasteiger partial charge >= 0.3 is 5.97 Å². The van der Waals surface area contributed by atoms with Crippen molar-refractivity contribution in [3.8, 4) is 5.88 Å². The minimum atomic E-state index is -0.975. The number of ether oxygens (including phenoxy) is 3. The topological polar surface area (TPSA) is 94.1 Å². The van der Waals surface area contributed by atoms with Crippen molar-refractivity contribution < 1.29 is 32.6 Å². The molecule has 1 aromatic carbocycles. The molecule has 11 heteroatoms. The molecule has 4 heterocycles. The van der Waals surface area contributed by atoms with E-state index < -0.39 is 23.1 Å². The van der Waals surface area contributed by atoms with Crippen LogP contribution in [0.4, 0.5) is 20.3 Å². The van der Waals surface area contributed by atoms with Crippen molar-refractivity contribution in [2.45, 2.75) is 56.6 Å². The van der Waals surface area contributed by atoms with E-state index in [1.165, 1.54) is 13.2 Å². The first-order valence-electron chi connectivity index (χ1n) is 12.6. The lowest BCUT2D eigenvalue weighted by atomic mass is 9.78. The second-order valence-corrected chi connectivity index (χ2v) is 9.70. The minimum absolute atomic E-state index is 0.0652. The predicted octanol–water partition coefficient (Wildman–Crippen LogP) is 3.66.